The van der Waals surface area contributed by atoms with Crippen LogP contribution in [0, 0.1) is 22.6 Å². The molecular formula is C16H18FNO2. The Hall–Kier alpha value is -1.44. The molecule has 2 aliphatic rings. The molecule has 0 radical (unpaired) electrons. The van der Waals surface area contributed by atoms with Gasteiger partial charge in [0.1, 0.15) is 11.2 Å². The monoisotopic (exact) mass is 275 g/mol. The van der Waals surface area contributed by atoms with Gasteiger partial charge in [0.05, 0.1) is 23.9 Å². The lowest BCUT2D eigenvalue weighted by atomic mass is 9.63. The van der Waals surface area contributed by atoms with E-state index >= 15 is 0 Å². The van der Waals surface area contributed by atoms with Crippen LogP contribution in [0.3, 0.4) is 0 Å². The van der Waals surface area contributed by atoms with Gasteiger partial charge in [0.2, 0.25) is 0 Å². The molecule has 1 N–H and O–H groups in total. The molecule has 3 rings (SSSR count). The van der Waals surface area contributed by atoms with E-state index in [1.807, 2.05) is 0 Å². The van der Waals surface area contributed by atoms with Crippen molar-refractivity contribution in [3.8, 4) is 6.07 Å². The maximum Gasteiger partial charge on any atom is 0.123 e. The summed E-state index contributed by atoms with van der Waals surface area (Å²) < 4.78 is 18.7. The van der Waals surface area contributed by atoms with E-state index < -0.39 is 11.0 Å². The summed E-state index contributed by atoms with van der Waals surface area (Å²) in [5, 5.41) is 20.6. The molecule has 2 aliphatic heterocycles. The zero-order valence-corrected chi connectivity index (χ0v) is 11.5. The highest BCUT2D eigenvalue weighted by Crippen LogP contribution is 2.53. The largest absolute Gasteiger partial charge is 0.388 e. The summed E-state index contributed by atoms with van der Waals surface area (Å²) in [6.07, 6.45) is 2.63. The normalized spacial score (nSPS) is 34.7. The summed E-state index contributed by atoms with van der Waals surface area (Å²) in [6.45, 7) is 1.70. The summed E-state index contributed by atoms with van der Waals surface area (Å²) in [6, 6.07) is 8.40. The van der Waals surface area contributed by atoms with Crippen molar-refractivity contribution >= 4 is 0 Å². The van der Waals surface area contributed by atoms with Gasteiger partial charge in [0.25, 0.3) is 0 Å². The van der Waals surface area contributed by atoms with Crippen LogP contribution in [0.2, 0.25) is 0 Å². The molecule has 2 heterocycles. The highest BCUT2D eigenvalue weighted by Gasteiger charge is 2.61. The first-order chi connectivity index (χ1) is 9.47. The SMILES string of the molecule is CC(O)(Cc1ccc(F)cc1)C1(C#N)CC2CCC1O2. The Morgan fingerprint density at radius 1 is 1.45 bits per heavy atom. The van der Waals surface area contributed by atoms with Crippen molar-refractivity contribution in [2.24, 2.45) is 5.41 Å². The minimum atomic E-state index is -1.18. The van der Waals surface area contributed by atoms with E-state index in [-0.39, 0.29) is 18.0 Å². The zero-order chi connectivity index (χ0) is 14.4. The van der Waals surface area contributed by atoms with Crippen molar-refractivity contribution in [3.63, 3.8) is 0 Å². The van der Waals surface area contributed by atoms with E-state index in [2.05, 4.69) is 6.07 Å². The molecule has 0 aliphatic carbocycles. The lowest BCUT2D eigenvalue weighted by molar-refractivity contribution is -0.0711. The first-order valence-corrected chi connectivity index (χ1v) is 7.00. The number of halogens is 1. The fourth-order valence-electron chi connectivity index (χ4n) is 3.67. The number of nitrogens with zero attached hydrogens (tertiary/aromatic N) is 1. The molecule has 2 bridgehead atoms. The molecule has 2 saturated heterocycles. The molecule has 0 spiro atoms. The number of nitriles is 1. The number of hydrogen-bond donors (Lipinski definition) is 1. The fourth-order valence-corrected chi connectivity index (χ4v) is 3.67. The fraction of sp³-hybridized carbons (Fsp3) is 0.562. The van der Waals surface area contributed by atoms with Crippen LogP contribution in [0.1, 0.15) is 31.7 Å². The third kappa shape index (κ3) is 1.93. The van der Waals surface area contributed by atoms with Gasteiger partial charge in [-0.15, -0.1) is 0 Å². The Kier molecular flexibility index (Phi) is 3.07. The van der Waals surface area contributed by atoms with Crippen LogP contribution in [0.5, 0.6) is 0 Å². The quantitative estimate of drug-likeness (QED) is 0.922. The van der Waals surface area contributed by atoms with Crippen molar-refractivity contribution in [3.05, 3.63) is 35.6 Å². The van der Waals surface area contributed by atoms with E-state index in [1.165, 1.54) is 12.1 Å². The standard InChI is InChI=1S/C16H18FNO2/c1-15(19,8-11-2-4-12(17)5-3-11)16(10-18)9-13-6-7-14(16)20-13/h2-5,13-14,19H,6-9H2,1H3. The lowest BCUT2D eigenvalue weighted by Crippen LogP contribution is -2.52. The first-order valence-electron chi connectivity index (χ1n) is 7.00. The second-order valence-corrected chi connectivity index (χ2v) is 6.19. The van der Waals surface area contributed by atoms with Crippen LogP contribution in [0.15, 0.2) is 24.3 Å². The predicted octanol–water partition coefficient (Wildman–Crippen LogP) is 2.58. The zero-order valence-electron chi connectivity index (χ0n) is 11.5. The van der Waals surface area contributed by atoms with Crippen LogP contribution in [0.25, 0.3) is 0 Å². The number of aliphatic hydroxyl groups is 1. The van der Waals surface area contributed by atoms with Crippen molar-refractivity contribution in [1.29, 1.82) is 5.26 Å². The second kappa shape index (κ2) is 4.54. The summed E-state index contributed by atoms with van der Waals surface area (Å²) in [4.78, 5) is 0. The van der Waals surface area contributed by atoms with Crippen molar-refractivity contribution in [2.45, 2.75) is 50.4 Å². The third-order valence-corrected chi connectivity index (χ3v) is 4.83. The van der Waals surface area contributed by atoms with E-state index in [9.17, 15) is 14.8 Å². The van der Waals surface area contributed by atoms with Gasteiger partial charge in [0.15, 0.2) is 0 Å². The molecule has 3 nitrogen and oxygen atoms in total. The van der Waals surface area contributed by atoms with Crippen LogP contribution in [0.4, 0.5) is 4.39 Å². The van der Waals surface area contributed by atoms with Gasteiger partial charge in [-0.05, 0) is 43.9 Å². The Morgan fingerprint density at radius 2 is 2.15 bits per heavy atom. The average molecular weight is 275 g/mol. The summed E-state index contributed by atoms with van der Waals surface area (Å²) >= 11 is 0. The van der Waals surface area contributed by atoms with Crippen molar-refractivity contribution in [1.82, 2.24) is 0 Å². The molecule has 0 aromatic heterocycles. The predicted molar refractivity (Wildman–Crippen MR) is 71.3 cm³/mol. The van der Waals surface area contributed by atoms with Gasteiger partial charge in [-0.25, -0.2) is 4.39 Å². The van der Waals surface area contributed by atoms with Crippen molar-refractivity contribution in [2.75, 3.05) is 0 Å². The van der Waals surface area contributed by atoms with Gasteiger partial charge < -0.3 is 9.84 Å². The summed E-state index contributed by atoms with van der Waals surface area (Å²) in [5.41, 5.74) is -1.21. The molecule has 1 aromatic carbocycles. The Labute approximate surface area is 118 Å². The van der Waals surface area contributed by atoms with Crippen LogP contribution in [-0.4, -0.2) is 22.9 Å². The van der Waals surface area contributed by atoms with E-state index in [4.69, 9.17) is 4.74 Å². The van der Waals surface area contributed by atoms with Gasteiger partial charge in [0, 0.05) is 6.42 Å². The number of fused-ring (bicyclic) bond motifs is 2. The molecule has 0 amide bonds. The van der Waals surface area contributed by atoms with Gasteiger partial charge >= 0.3 is 0 Å². The molecule has 106 valence electrons. The van der Waals surface area contributed by atoms with Crippen molar-refractivity contribution < 1.29 is 14.2 Å². The second-order valence-electron chi connectivity index (χ2n) is 6.19. The van der Waals surface area contributed by atoms with Gasteiger partial charge in [-0.2, -0.15) is 5.26 Å². The van der Waals surface area contributed by atoms with Crippen LogP contribution >= 0.6 is 0 Å². The number of benzene rings is 1. The topological polar surface area (TPSA) is 53.2 Å². The summed E-state index contributed by atoms with van der Waals surface area (Å²) in [7, 11) is 0. The number of rotatable bonds is 3. The molecule has 4 atom stereocenters. The maximum absolute atomic E-state index is 12.9. The Bertz CT molecular complexity index is 549. The highest BCUT2D eigenvalue weighted by atomic mass is 19.1. The Balaban J connectivity index is 1.87. The maximum atomic E-state index is 12.9. The lowest BCUT2D eigenvalue weighted by Gasteiger charge is -2.41. The molecule has 2 fully saturated rings. The minimum Gasteiger partial charge on any atom is -0.388 e. The number of hydrogen-bond acceptors (Lipinski definition) is 3. The van der Waals surface area contributed by atoms with E-state index in [0.29, 0.717) is 12.8 Å². The molecule has 1 aromatic rings. The first kappa shape index (κ1) is 13.5. The molecule has 20 heavy (non-hydrogen) atoms. The van der Waals surface area contributed by atoms with E-state index in [1.54, 1.807) is 19.1 Å². The Morgan fingerprint density at radius 3 is 2.65 bits per heavy atom. The highest BCUT2D eigenvalue weighted by molar-refractivity contribution is 5.25. The van der Waals surface area contributed by atoms with Gasteiger partial charge in [-0.3, -0.25) is 0 Å². The molecule has 4 unspecified atom stereocenters. The third-order valence-electron chi connectivity index (χ3n) is 4.83. The van der Waals surface area contributed by atoms with Gasteiger partial charge in [-0.1, -0.05) is 12.1 Å². The van der Waals surface area contributed by atoms with E-state index in [0.717, 1.165) is 18.4 Å². The molecule has 4 heteroatoms. The average Bonchev–Trinajstić information content (AvgIpc) is 3.02. The van der Waals surface area contributed by atoms with Crippen LogP contribution < -0.4 is 0 Å². The number of ether oxygens (including phenoxy) is 1. The minimum absolute atomic E-state index is 0.0966. The molecule has 0 saturated carbocycles. The van der Waals surface area contributed by atoms with Crippen LogP contribution in [-0.2, 0) is 11.2 Å². The molecular weight excluding hydrogens is 257 g/mol. The smallest absolute Gasteiger partial charge is 0.123 e. The summed E-state index contributed by atoms with van der Waals surface area (Å²) in [5.74, 6) is -0.299.